The number of carbonyl (C=O) groups is 3. The van der Waals surface area contributed by atoms with Crippen molar-refractivity contribution in [2.45, 2.75) is 25.3 Å². The van der Waals surface area contributed by atoms with Crippen molar-refractivity contribution in [1.82, 2.24) is 10.2 Å². The lowest BCUT2D eigenvalue weighted by atomic mass is 9.98. The van der Waals surface area contributed by atoms with E-state index in [2.05, 4.69) is 10.1 Å². The molecule has 0 aromatic carbocycles. The third kappa shape index (κ3) is 4.37. The summed E-state index contributed by atoms with van der Waals surface area (Å²) < 4.78 is 4.65. The Hall–Kier alpha value is -1.83. The minimum absolute atomic E-state index is 0.0602. The lowest BCUT2D eigenvalue weighted by molar-refractivity contribution is -0.147. The van der Waals surface area contributed by atoms with E-state index in [1.807, 2.05) is 0 Å². The number of nitrogens with one attached hydrogen (secondary N) is 1. The summed E-state index contributed by atoms with van der Waals surface area (Å²) in [6, 6.07) is -1.68. The fourth-order valence-corrected chi connectivity index (χ4v) is 2.15. The maximum absolute atomic E-state index is 12.0. The van der Waals surface area contributed by atoms with Gasteiger partial charge in [0.1, 0.15) is 6.04 Å². The molecule has 1 saturated heterocycles. The summed E-state index contributed by atoms with van der Waals surface area (Å²) in [5.74, 6) is -1.94. The number of nitrogens with zero attached hydrogens (tertiary/aromatic N) is 1. The van der Waals surface area contributed by atoms with Gasteiger partial charge in [-0.05, 0) is 12.8 Å². The molecule has 1 rings (SSSR count). The van der Waals surface area contributed by atoms with Gasteiger partial charge in [0.25, 0.3) is 0 Å². The quantitative estimate of drug-likeness (QED) is 0.583. The monoisotopic (exact) mass is 288 g/mol. The number of hydrogen-bond donors (Lipinski definition) is 3. The zero-order chi connectivity index (χ0) is 15.1. The number of esters is 1. The van der Waals surface area contributed by atoms with Crippen LogP contribution in [0.3, 0.4) is 0 Å². The summed E-state index contributed by atoms with van der Waals surface area (Å²) in [5.41, 5.74) is 0. The minimum atomic E-state index is -1.20. The van der Waals surface area contributed by atoms with E-state index < -0.39 is 18.0 Å². The maximum atomic E-state index is 12.0. The first-order valence-corrected chi connectivity index (χ1v) is 6.46. The molecule has 20 heavy (non-hydrogen) atoms. The van der Waals surface area contributed by atoms with Crippen LogP contribution in [-0.4, -0.2) is 65.9 Å². The molecule has 1 unspecified atom stereocenters. The van der Waals surface area contributed by atoms with Crippen molar-refractivity contribution in [1.29, 1.82) is 0 Å². The number of carboxylic acids is 1. The number of aliphatic hydroxyl groups is 1. The van der Waals surface area contributed by atoms with Gasteiger partial charge in [-0.1, -0.05) is 0 Å². The molecule has 0 aromatic heterocycles. The molecule has 0 aliphatic carbocycles. The summed E-state index contributed by atoms with van der Waals surface area (Å²) in [6.45, 7) is 0.344. The van der Waals surface area contributed by atoms with Crippen LogP contribution in [0.2, 0.25) is 0 Å². The van der Waals surface area contributed by atoms with Crippen molar-refractivity contribution in [2.24, 2.45) is 5.92 Å². The number of rotatable bonds is 5. The molecule has 2 amide bonds. The molecule has 3 N–H and O–H groups in total. The van der Waals surface area contributed by atoms with Crippen molar-refractivity contribution in [3.8, 4) is 0 Å². The van der Waals surface area contributed by atoms with E-state index in [1.54, 1.807) is 0 Å². The first-order chi connectivity index (χ1) is 9.49. The second kappa shape index (κ2) is 7.68. The lowest BCUT2D eigenvalue weighted by Crippen LogP contribution is -2.51. The molecule has 1 fully saturated rings. The Kier molecular flexibility index (Phi) is 6.23. The Labute approximate surface area is 116 Å². The number of aliphatic hydroxyl groups excluding tert-OH is 1. The average molecular weight is 288 g/mol. The molecule has 0 radical (unpaired) electrons. The number of hydrogen-bond acceptors (Lipinski definition) is 5. The zero-order valence-corrected chi connectivity index (χ0v) is 11.4. The van der Waals surface area contributed by atoms with Crippen molar-refractivity contribution < 1.29 is 29.3 Å². The fraction of sp³-hybridized carbons (Fsp3) is 0.750. The van der Waals surface area contributed by atoms with Crippen LogP contribution in [-0.2, 0) is 14.3 Å². The van der Waals surface area contributed by atoms with Gasteiger partial charge in [0.15, 0.2) is 0 Å². The van der Waals surface area contributed by atoms with Gasteiger partial charge in [0, 0.05) is 26.1 Å². The molecule has 1 aliphatic rings. The number of piperidine rings is 1. The van der Waals surface area contributed by atoms with E-state index >= 15 is 0 Å². The van der Waals surface area contributed by atoms with E-state index in [1.165, 1.54) is 12.0 Å². The van der Waals surface area contributed by atoms with Gasteiger partial charge in [-0.3, -0.25) is 4.79 Å². The van der Waals surface area contributed by atoms with Crippen LogP contribution in [0, 0.1) is 5.92 Å². The Morgan fingerprint density at radius 3 is 2.70 bits per heavy atom. The molecule has 0 saturated carbocycles. The van der Waals surface area contributed by atoms with Gasteiger partial charge in [-0.2, -0.15) is 0 Å². The SMILES string of the molecule is COC(=O)C1CCCN(C(=O)N[C@@H](CCO)C(=O)O)C1. The molecule has 0 aromatic rings. The van der Waals surface area contributed by atoms with Crippen molar-refractivity contribution in [2.75, 3.05) is 26.8 Å². The van der Waals surface area contributed by atoms with Crippen LogP contribution >= 0.6 is 0 Å². The molecule has 0 spiro atoms. The average Bonchev–Trinajstić information content (AvgIpc) is 2.45. The number of methoxy groups -OCH3 is 1. The predicted octanol–water partition coefficient (Wildman–Crippen LogP) is -0.583. The molecule has 8 nitrogen and oxygen atoms in total. The Balaban J connectivity index is 2.57. The number of carboxylic acid groups (broad SMARTS) is 1. The van der Waals surface area contributed by atoms with Gasteiger partial charge >= 0.3 is 18.0 Å². The number of amides is 2. The van der Waals surface area contributed by atoms with Crippen LogP contribution in [0.25, 0.3) is 0 Å². The highest BCUT2D eigenvalue weighted by atomic mass is 16.5. The summed E-state index contributed by atoms with van der Waals surface area (Å²) in [5, 5.41) is 20.0. The van der Waals surface area contributed by atoms with Crippen molar-refractivity contribution in [3.63, 3.8) is 0 Å². The van der Waals surface area contributed by atoms with Crippen LogP contribution in [0.5, 0.6) is 0 Å². The standard InChI is InChI=1S/C12H20N2O6/c1-20-11(18)8-3-2-5-14(7-8)12(19)13-9(4-6-15)10(16)17/h8-9,15H,2-7H2,1H3,(H,13,19)(H,16,17)/t8?,9-/m0/s1. The van der Waals surface area contributed by atoms with Gasteiger partial charge in [0.2, 0.25) is 0 Å². The molecule has 114 valence electrons. The number of likely N-dealkylation sites (tertiary alicyclic amines) is 1. The molecule has 0 bridgehead atoms. The van der Waals surface area contributed by atoms with Crippen molar-refractivity contribution in [3.05, 3.63) is 0 Å². The molecular formula is C12H20N2O6. The highest BCUT2D eigenvalue weighted by Crippen LogP contribution is 2.17. The van der Waals surface area contributed by atoms with Crippen LogP contribution in [0.1, 0.15) is 19.3 Å². The maximum Gasteiger partial charge on any atom is 0.326 e. The van der Waals surface area contributed by atoms with Crippen LogP contribution in [0.15, 0.2) is 0 Å². The van der Waals surface area contributed by atoms with Gasteiger partial charge in [0.05, 0.1) is 13.0 Å². The Morgan fingerprint density at radius 2 is 2.15 bits per heavy atom. The van der Waals surface area contributed by atoms with Crippen molar-refractivity contribution >= 4 is 18.0 Å². The Morgan fingerprint density at radius 1 is 1.45 bits per heavy atom. The van der Waals surface area contributed by atoms with Crippen LogP contribution in [0.4, 0.5) is 4.79 Å². The Bertz CT molecular complexity index is 373. The van der Waals surface area contributed by atoms with E-state index in [4.69, 9.17) is 10.2 Å². The normalized spacial score (nSPS) is 20.1. The highest BCUT2D eigenvalue weighted by molar-refractivity contribution is 5.83. The van der Waals surface area contributed by atoms with E-state index in [0.717, 1.165) is 0 Å². The third-order valence-corrected chi connectivity index (χ3v) is 3.26. The fourth-order valence-electron chi connectivity index (χ4n) is 2.15. The first kappa shape index (κ1) is 16.2. The smallest absolute Gasteiger partial charge is 0.326 e. The zero-order valence-electron chi connectivity index (χ0n) is 11.4. The number of carbonyl (C=O) groups excluding carboxylic acids is 2. The number of aliphatic carboxylic acids is 1. The highest BCUT2D eigenvalue weighted by Gasteiger charge is 2.30. The first-order valence-electron chi connectivity index (χ1n) is 6.46. The van der Waals surface area contributed by atoms with Gasteiger partial charge < -0.3 is 25.2 Å². The molecular weight excluding hydrogens is 268 g/mol. The summed E-state index contributed by atoms with van der Waals surface area (Å²) in [6.07, 6.45) is 1.25. The second-order valence-corrected chi connectivity index (χ2v) is 4.66. The number of urea groups is 1. The minimum Gasteiger partial charge on any atom is -0.480 e. The summed E-state index contributed by atoms with van der Waals surface area (Å²) >= 11 is 0. The molecule has 1 heterocycles. The topological polar surface area (TPSA) is 116 Å². The van der Waals surface area contributed by atoms with Crippen LogP contribution < -0.4 is 5.32 Å². The van der Waals surface area contributed by atoms with Gasteiger partial charge in [-0.25, -0.2) is 9.59 Å². The predicted molar refractivity (Wildman–Crippen MR) is 68.0 cm³/mol. The third-order valence-electron chi connectivity index (χ3n) is 3.26. The molecule has 8 heteroatoms. The lowest BCUT2D eigenvalue weighted by Gasteiger charge is -2.32. The molecule has 2 atom stereocenters. The second-order valence-electron chi connectivity index (χ2n) is 4.66. The summed E-state index contributed by atoms with van der Waals surface area (Å²) in [7, 11) is 1.29. The van der Waals surface area contributed by atoms with E-state index in [-0.39, 0.29) is 31.5 Å². The largest absolute Gasteiger partial charge is 0.480 e. The summed E-state index contributed by atoms with van der Waals surface area (Å²) in [4.78, 5) is 35.7. The van der Waals surface area contributed by atoms with E-state index in [9.17, 15) is 14.4 Å². The number of ether oxygens (including phenoxy) is 1. The van der Waals surface area contributed by atoms with E-state index in [0.29, 0.717) is 19.4 Å². The molecule has 1 aliphatic heterocycles. The van der Waals surface area contributed by atoms with Gasteiger partial charge in [-0.15, -0.1) is 0 Å².